The number of carboxylic acids is 1. The van der Waals surface area contributed by atoms with Crippen LogP contribution in [0.5, 0.6) is 5.75 Å². The predicted molar refractivity (Wildman–Crippen MR) is 127 cm³/mol. The maximum atomic E-state index is 13.0. The number of aliphatic carboxylic acids is 1. The Balaban J connectivity index is 0.00000289. The molecule has 0 spiro atoms. The zero-order chi connectivity index (χ0) is 21.8. The zero-order valence-electron chi connectivity index (χ0n) is 18.2. The van der Waals surface area contributed by atoms with Crippen LogP contribution in [0.2, 0.25) is 0 Å². The molecule has 4 nitrogen and oxygen atoms in total. The van der Waals surface area contributed by atoms with Crippen molar-refractivity contribution in [2.45, 2.75) is 45.1 Å². The highest BCUT2D eigenvalue weighted by molar-refractivity contribution is 5.85. The van der Waals surface area contributed by atoms with Crippen LogP contribution in [0, 0.1) is 5.82 Å². The highest BCUT2D eigenvalue weighted by Crippen LogP contribution is 2.34. The minimum absolute atomic E-state index is 0. The molecule has 170 valence electrons. The van der Waals surface area contributed by atoms with Crippen LogP contribution in [0.4, 0.5) is 4.39 Å². The summed E-state index contributed by atoms with van der Waals surface area (Å²) in [5.41, 5.74) is 6.23. The minimum Gasteiger partial charge on any atom is -0.494 e. The van der Waals surface area contributed by atoms with E-state index in [0.717, 1.165) is 43.4 Å². The topological polar surface area (TPSA) is 49.8 Å². The number of nitrogens with zero attached hydrogens (tertiary/aromatic N) is 1. The van der Waals surface area contributed by atoms with E-state index in [-0.39, 0.29) is 18.2 Å². The second-order valence-electron chi connectivity index (χ2n) is 8.28. The van der Waals surface area contributed by atoms with Crippen LogP contribution >= 0.6 is 12.4 Å². The number of unbranched alkanes of at least 4 members (excludes halogenated alkanes) is 1. The average molecular weight is 458 g/mol. The van der Waals surface area contributed by atoms with E-state index < -0.39 is 12.0 Å². The van der Waals surface area contributed by atoms with Crippen LogP contribution in [0.1, 0.15) is 42.9 Å². The summed E-state index contributed by atoms with van der Waals surface area (Å²) >= 11 is 0. The lowest BCUT2D eigenvalue weighted by Gasteiger charge is -2.35. The Bertz CT molecular complexity index is 1020. The van der Waals surface area contributed by atoms with Crippen molar-refractivity contribution in [3.8, 4) is 5.75 Å². The number of rotatable bonds is 9. The third kappa shape index (κ3) is 5.52. The van der Waals surface area contributed by atoms with Crippen molar-refractivity contribution in [1.29, 1.82) is 0 Å². The third-order valence-corrected chi connectivity index (χ3v) is 6.19. The number of hydrogen-bond acceptors (Lipinski definition) is 3. The van der Waals surface area contributed by atoms with E-state index in [9.17, 15) is 14.3 Å². The van der Waals surface area contributed by atoms with Crippen molar-refractivity contribution < 1.29 is 19.0 Å². The van der Waals surface area contributed by atoms with Gasteiger partial charge in [-0.05, 0) is 103 Å². The fraction of sp³-hybridized carbons (Fsp3) is 0.346. The summed E-state index contributed by atoms with van der Waals surface area (Å²) in [6.45, 7) is 3.46. The molecule has 0 fully saturated rings. The first-order chi connectivity index (χ1) is 15.0. The predicted octanol–water partition coefficient (Wildman–Crippen LogP) is 5.65. The molecule has 6 heteroatoms. The van der Waals surface area contributed by atoms with Crippen LogP contribution in [0.15, 0.2) is 60.3 Å². The van der Waals surface area contributed by atoms with Gasteiger partial charge in [-0.1, -0.05) is 18.2 Å². The monoisotopic (exact) mass is 457 g/mol. The molecule has 0 amide bonds. The molecule has 0 saturated carbocycles. The lowest BCUT2D eigenvalue weighted by molar-refractivity contribution is -0.141. The Labute approximate surface area is 194 Å². The molecule has 1 aliphatic heterocycles. The summed E-state index contributed by atoms with van der Waals surface area (Å²) in [6, 6.07) is 12.5. The van der Waals surface area contributed by atoms with Gasteiger partial charge in [-0.25, -0.2) is 9.18 Å². The highest BCUT2D eigenvalue weighted by Gasteiger charge is 2.28. The quantitative estimate of drug-likeness (QED) is 0.494. The van der Waals surface area contributed by atoms with Gasteiger partial charge in [-0.3, -0.25) is 0 Å². The number of benzene rings is 2. The van der Waals surface area contributed by atoms with Crippen molar-refractivity contribution in [3.63, 3.8) is 0 Å². The van der Waals surface area contributed by atoms with Gasteiger partial charge >= 0.3 is 5.97 Å². The van der Waals surface area contributed by atoms with E-state index in [1.54, 1.807) is 6.08 Å². The van der Waals surface area contributed by atoms with Gasteiger partial charge in [0, 0.05) is 6.54 Å². The van der Waals surface area contributed by atoms with Gasteiger partial charge in [0.2, 0.25) is 0 Å². The van der Waals surface area contributed by atoms with Gasteiger partial charge in [-0.2, -0.15) is 0 Å². The fourth-order valence-electron chi connectivity index (χ4n) is 4.26. The van der Waals surface area contributed by atoms with Crippen molar-refractivity contribution >= 4 is 23.9 Å². The number of fused-ring (bicyclic) bond motifs is 1. The van der Waals surface area contributed by atoms with Crippen molar-refractivity contribution in [3.05, 3.63) is 82.8 Å². The molecule has 0 saturated heterocycles. The first-order valence-electron chi connectivity index (χ1n) is 10.9. The van der Waals surface area contributed by atoms with Crippen LogP contribution in [-0.4, -0.2) is 35.2 Å². The Hall–Kier alpha value is -2.79. The van der Waals surface area contributed by atoms with E-state index in [1.807, 2.05) is 29.3 Å². The number of halogens is 2. The smallest absolute Gasteiger partial charge is 0.330 e. The molecule has 0 bridgehead atoms. The van der Waals surface area contributed by atoms with E-state index in [1.165, 1.54) is 34.4 Å². The lowest BCUT2D eigenvalue weighted by atomic mass is 9.85. The largest absolute Gasteiger partial charge is 0.494 e. The fourth-order valence-corrected chi connectivity index (χ4v) is 4.26. The van der Waals surface area contributed by atoms with Crippen LogP contribution in [0.25, 0.3) is 5.57 Å². The summed E-state index contributed by atoms with van der Waals surface area (Å²) in [7, 11) is 0. The normalized spacial score (nSPS) is 16.8. The standard InChI is InChI=1S/C26H28FNO3.ClH/c1-18-21(17-28-14-13-25(28)26(29)30)8-7-20-16-23(11-12-24(18)20)31-15-3-2-4-19-5-9-22(27)10-6-19;/h5-6,9-14,16,25H,2-4,7-8,15,17H2,1H3,(H,29,30);1H. The molecular weight excluding hydrogens is 429 g/mol. The van der Waals surface area contributed by atoms with Crippen molar-refractivity contribution in [2.75, 3.05) is 13.2 Å². The van der Waals surface area contributed by atoms with Crippen LogP contribution < -0.4 is 4.74 Å². The molecular formula is C26H29ClFNO3. The van der Waals surface area contributed by atoms with Crippen molar-refractivity contribution in [1.82, 2.24) is 4.90 Å². The van der Waals surface area contributed by atoms with E-state index in [4.69, 9.17) is 4.74 Å². The molecule has 1 atom stereocenters. The minimum atomic E-state index is -0.795. The van der Waals surface area contributed by atoms with Crippen molar-refractivity contribution in [2.24, 2.45) is 0 Å². The molecule has 2 aromatic carbocycles. The highest BCUT2D eigenvalue weighted by atomic mass is 35.5. The van der Waals surface area contributed by atoms with Gasteiger partial charge in [0.15, 0.2) is 0 Å². The SMILES string of the molecule is CC1=C(CN2C=CC2C(=O)O)CCc2cc(OCCCCc3ccc(F)cc3)ccc21.Cl. The van der Waals surface area contributed by atoms with Gasteiger partial charge < -0.3 is 14.7 Å². The zero-order valence-corrected chi connectivity index (χ0v) is 19.0. The van der Waals surface area contributed by atoms with E-state index in [0.29, 0.717) is 13.2 Å². The second-order valence-corrected chi connectivity index (χ2v) is 8.28. The van der Waals surface area contributed by atoms with E-state index in [2.05, 4.69) is 19.1 Å². The summed E-state index contributed by atoms with van der Waals surface area (Å²) in [6.07, 6.45) is 8.35. The van der Waals surface area contributed by atoms with Gasteiger partial charge in [0.05, 0.1) is 6.61 Å². The van der Waals surface area contributed by atoms with Gasteiger partial charge in [0.25, 0.3) is 0 Å². The molecule has 32 heavy (non-hydrogen) atoms. The molecule has 2 aliphatic rings. The Morgan fingerprint density at radius 3 is 2.62 bits per heavy atom. The maximum Gasteiger partial charge on any atom is 0.330 e. The Morgan fingerprint density at radius 1 is 1.16 bits per heavy atom. The molecule has 1 heterocycles. The van der Waals surface area contributed by atoms with Crippen LogP contribution in [0.3, 0.4) is 0 Å². The molecule has 1 aliphatic carbocycles. The first kappa shape index (κ1) is 23.9. The summed E-state index contributed by atoms with van der Waals surface area (Å²) in [4.78, 5) is 13.1. The summed E-state index contributed by atoms with van der Waals surface area (Å²) < 4.78 is 18.9. The van der Waals surface area contributed by atoms with Crippen LogP contribution in [-0.2, 0) is 17.6 Å². The number of allylic oxidation sites excluding steroid dienone is 1. The average Bonchev–Trinajstić information content (AvgIpc) is 2.73. The molecule has 1 N–H and O–H groups in total. The Kier molecular flexibility index (Phi) is 7.97. The number of aryl methyl sites for hydroxylation is 2. The number of carboxylic acid groups (broad SMARTS) is 1. The molecule has 0 radical (unpaired) electrons. The molecule has 0 aromatic heterocycles. The lowest BCUT2D eigenvalue weighted by Crippen LogP contribution is -2.43. The number of hydrogen-bond donors (Lipinski definition) is 1. The molecule has 4 rings (SSSR count). The number of ether oxygens (including phenoxy) is 1. The first-order valence-corrected chi connectivity index (χ1v) is 10.9. The molecule has 1 unspecified atom stereocenters. The summed E-state index contributed by atoms with van der Waals surface area (Å²) in [5, 5.41) is 9.22. The number of carbonyl (C=O) groups is 1. The second kappa shape index (κ2) is 10.7. The Morgan fingerprint density at radius 2 is 1.94 bits per heavy atom. The van der Waals surface area contributed by atoms with Gasteiger partial charge in [-0.15, -0.1) is 12.4 Å². The van der Waals surface area contributed by atoms with Gasteiger partial charge in [0.1, 0.15) is 17.6 Å². The summed E-state index contributed by atoms with van der Waals surface area (Å²) in [5.74, 6) is -0.0941. The maximum absolute atomic E-state index is 13.0. The third-order valence-electron chi connectivity index (χ3n) is 6.19. The molecule has 2 aromatic rings. The van der Waals surface area contributed by atoms with E-state index >= 15 is 0 Å².